The minimum atomic E-state index is -5.98. The maximum Gasteiger partial charge on any atom is 0.330 e. The van der Waals surface area contributed by atoms with Crippen molar-refractivity contribution in [3.8, 4) is 0 Å². The van der Waals surface area contributed by atoms with Gasteiger partial charge in [0, 0.05) is 18.3 Å². The van der Waals surface area contributed by atoms with Crippen LogP contribution in [0.4, 0.5) is 0 Å². The molecule has 35 heavy (non-hydrogen) atoms. The molecule has 17 nitrogen and oxygen atoms in total. The quantitative estimate of drug-likeness (QED) is 0.215. The van der Waals surface area contributed by atoms with Crippen LogP contribution < -0.4 is 31.0 Å². The Hall–Kier alpha value is -1.03. The second-order valence-electron chi connectivity index (χ2n) is 7.88. The molecule has 1 aliphatic carbocycles. The van der Waals surface area contributed by atoms with Crippen molar-refractivity contribution in [2.45, 2.75) is 62.7 Å². The van der Waals surface area contributed by atoms with Crippen molar-refractivity contribution in [3.05, 3.63) is 33.1 Å². The zero-order valence-corrected chi connectivity index (χ0v) is 20.5. The topological polar surface area (TPSA) is 265 Å². The van der Waals surface area contributed by atoms with Crippen molar-refractivity contribution in [3.63, 3.8) is 0 Å². The van der Waals surface area contributed by atoms with Gasteiger partial charge in [-0.3, -0.25) is 37.4 Å². The third-order valence-corrected chi connectivity index (χ3v) is 9.62. The van der Waals surface area contributed by atoms with Crippen LogP contribution in [0.1, 0.15) is 38.3 Å². The lowest BCUT2D eigenvalue weighted by atomic mass is 9.96. The number of hydrogen-bond donors (Lipinski definition) is 4. The van der Waals surface area contributed by atoms with Crippen molar-refractivity contribution >= 4 is 23.4 Å². The molecule has 1 aromatic rings. The molecule has 4 unspecified atom stereocenters. The van der Waals surface area contributed by atoms with Gasteiger partial charge in [-0.05, 0) is 12.8 Å². The van der Waals surface area contributed by atoms with E-state index >= 15 is 0 Å². The Morgan fingerprint density at radius 2 is 1.71 bits per heavy atom. The van der Waals surface area contributed by atoms with Gasteiger partial charge in [0.2, 0.25) is 7.75 Å². The maximum absolute atomic E-state index is 11.9. The summed E-state index contributed by atoms with van der Waals surface area (Å²) in [5, 5.41) is 22.2. The van der Waals surface area contributed by atoms with E-state index in [9.17, 15) is 48.2 Å². The Balaban J connectivity index is 1.57. The van der Waals surface area contributed by atoms with E-state index in [0.717, 1.165) is 18.7 Å². The summed E-state index contributed by atoms with van der Waals surface area (Å²) in [4.78, 5) is 60.6. The zero-order chi connectivity index (χ0) is 26.0. The number of rotatable bonds is 10. The van der Waals surface area contributed by atoms with E-state index in [4.69, 9.17) is 4.74 Å². The smallest absolute Gasteiger partial charge is 0.330 e. The molecule has 20 heteroatoms. The fourth-order valence-corrected chi connectivity index (χ4v) is 7.49. The molecule has 0 aromatic carbocycles. The predicted molar refractivity (Wildman–Crippen MR) is 108 cm³/mol. The molecule has 3 rings (SSSR count). The van der Waals surface area contributed by atoms with Crippen LogP contribution in [0.25, 0.3) is 0 Å². The van der Waals surface area contributed by atoms with Crippen molar-refractivity contribution in [1.29, 1.82) is 0 Å². The van der Waals surface area contributed by atoms with Gasteiger partial charge in [0.25, 0.3) is 21.2 Å². The first kappa shape index (κ1) is 28.5. The standard InChI is InChI=1S/C15H26N3O14P3/c19-11-6-7-18(15(22)16-11)14-13(21)12(20)10(30-14)8-29-34(25,26)32-35(27,28)31-33(23,24)17-9-4-2-1-3-5-9/h6-7,9-10,12-14,20-21H,1-5,8H2,(H,25,26)(H,27,28)(H,16,19,22)(H2,17,23,24)/p-3/t10-,12+,13?,14-/m1/s1. The lowest BCUT2D eigenvalue weighted by molar-refractivity contribution is -0.246. The van der Waals surface area contributed by atoms with Crippen LogP contribution in [0.5, 0.6) is 0 Å². The molecular formula is C15H23N3O14P3-3. The van der Waals surface area contributed by atoms with Crippen LogP contribution in [0.2, 0.25) is 0 Å². The summed E-state index contributed by atoms with van der Waals surface area (Å²) in [6.07, 6.45) is -2.56. The monoisotopic (exact) mass is 562 g/mol. The van der Waals surface area contributed by atoms with E-state index < -0.39 is 71.8 Å². The van der Waals surface area contributed by atoms with E-state index in [-0.39, 0.29) is 0 Å². The van der Waals surface area contributed by atoms with Crippen molar-refractivity contribution < 1.29 is 56.5 Å². The average molecular weight is 562 g/mol. The second-order valence-corrected chi connectivity index (χ2v) is 12.5. The Kier molecular flexibility index (Phi) is 9.09. The van der Waals surface area contributed by atoms with Crippen LogP contribution in [-0.2, 0) is 31.6 Å². The first-order valence-corrected chi connectivity index (χ1v) is 14.8. The van der Waals surface area contributed by atoms with E-state index in [1.807, 2.05) is 10.1 Å². The fraction of sp³-hybridized carbons (Fsp3) is 0.733. The number of nitrogens with zero attached hydrogens (tertiary/aromatic N) is 1. The molecule has 1 aliphatic heterocycles. The average Bonchev–Trinajstić information content (AvgIpc) is 2.99. The summed E-state index contributed by atoms with van der Waals surface area (Å²) in [6, 6.07) is 0.356. The van der Waals surface area contributed by atoms with Gasteiger partial charge < -0.3 is 34.2 Å². The van der Waals surface area contributed by atoms with Crippen molar-refractivity contribution in [1.82, 2.24) is 14.6 Å². The molecule has 7 atom stereocenters. The lowest BCUT2D eigenvalue weighted by Gasteiger charge is -2.37. The number of nitrogens with one attached hydrogen (secondary N) is 2. The van der Waals surface area contributed by atoms with Crippen LogP contribution in [0.15, 0.2) is 21.9 Å². The number of phosphoric acid groups is 2. The van der Waals surface area contributed by atoms with Crippen LogP contribution in [-0.4, -0.2) is 50.7 Å². The first-order valence-electron chi connectivity index (χ1n) is 10.3. The third kappa shape index (κ3) is 7.98. The van der Waals surface area contributed by atoms with E-state index in [1.54, 1.807) is 0 Å². The highest BCUT2D eigenvalue weighted by Gasteiger charge is 2.44. The minimum Gasteiger partial charge on any atom is -0.766 e. The molecule has 4 N–H and O–H groups in total. The van der Waals surface area contributed by atoms with Crippen LogP contribution in [0, 0.1) is 0 Å². The Morgan fingerprint density at radius 3 is 2.34 bits per heavy atom. The molecule has 0 amide bonds. The molecule has 0 radical (unpaired) electrons. The number of aliphatic hydroxyl groups is 2. The molecule has 0 bridgehead atoms. The number of H-pyrrole nitrogens is 1. The van der Waals surface area contributed by atoms with Gasteiger partial charge in [-0.15, -0.1) is 0 Å². The highest BCUT2D eigenvalue weighted by Crippen LogP contribution is 2.61. The van der Waals surface area contributed by atoms with Crippen LogP contribution >= 0.6 is 23.4 Å². The van der Waals surface area contributed by atoms with E-state index in [0.29, 0.717) is 30.3 Å². The largest absolute Gasteiger partial charge is 0.766 e. The van der Waals surface area contributed by atoms with Gasteiger partial charge in [0.1, 0.15) is 18.3 Å². The number of aromatic amines is 1. The van der Waals surface area contributed by atoms with Crippen molar-refractivity contribution in [2.75, 3.05) is 6.61 Å². The summed E-state index contributed by atoms with van der Waals surface area (Å²) in [5.74, 6) is 0. The first-order chi connectivity index (χ1) is 16.2. The molecule has 0 spiro atoms. The van der Waals surface area contributed by atoms with Gasteiger partial charge in [-0.25, -0.2) is 9.11 Å². The van der Waals surface area contributed by atoms with E-state index in [2.05, 4.69) is 13.1 Å². The summed E-state index contributed by atoms with van der Waals surface area (Å²) in [7, 11) is -17.0. The number of ether oxygens (including phenoxy) is 1. The molecule has 2 aliphatic rings. The van der Waals surface area contributed by atoms with Gasteiger partial charge in [0.15, 0.2) is 6.23 Å². The number of phosphoric ester groups is 1. The Labute approximate surface area is 197 Å². The predicted octanol–water partition coefficient (Wildman–Crippen LogP) is -2.47. The maximum atomic E-state index is 11.9. The lowest BCUT2D eigenvalue weighted by Crippen LogP contribution is -2.37. The molecule has 1 saturated carbocycles. The van der Waals surface area contributed by atoms with Gasteiger partial charge in [-0.2, -0.15) is 0 Å². The zero-order valence-electron chi connectivity index (χ0n) is 17.9. The summed E-state index contributed by atoms with van der Waals surface area (Å²) >= 11 is 0. The van der Waals surface area contributed by atoms with Gasteiger partial charge >= 0.3 is 5.69 Å². The molecular weight excluding hydrogens is 539 g/mol. The molecule has 2 fully saturated rings. The summed E-state index contributed by atoms with van der Waals surface area (Å²) in [5.41, 5.74) is -1.74. The van der Waals surface area contributed by atoms with Crippen molar-refractivity contribution in [2.24, 2.45) is 0 Å². The highest BCUT2D eigenvalue weighted by molar-refractivity contribution is 7.66. The minimum absolute atomic E-state index is 0.449. The highest BCUT2D eigenvalue weighted by atomic mass is 31.3. The van der Waals surface area contributed by atoms with Gasteiger partial charge in [-0.1, -0.05) is 19.3 Å². The van der Waals surface area contributed by atoms with Gasteiger partial charge in [0.05, 0.1) is 6.61 Å². The number of aliphatic hydroxyl groups excluding tert-OH is 2. The Bertz CT molecular complexity index is 1150. The molecule has 1 saturated heterocycles. The fourth-order valence-electron chi connectivity index (χ4n) is 3.66. The summed E-state index contributed by atoms with van der Waals surface area (Å²) < 4.78 is 53.6. The summed E-state index contributed by atoms with van der Waals surface area (Å²) in [6.45, 7) is -1.09. The molecule has 2 heterocycles. The molecule has 1 aromatic heterocycles. The second kappa shape index (κ2) is 11.2. The SMILES string of the molecule is O=c1ccn([C@@H]2O[C@H](COP(=O)([O-])OP(=O)([O-])OP(=O)([O-])NC3CCCCC3)[C@H](O)C2O)c(=O)[nH]1. The number of aromatic nitrogens is 2. The Morgan fingerprint density at radius 1 is 1.06 bits per heavy atom. The molecule has 200 valence electrons. The van der Waals surface area contributed by atoms with E-state index in [1.165, 1.54) is 0 Å². The normalized spacial score (nSPS) is 30.9. The van der Waals surface area contributed by atoms with Crippen LogP contribution in [0.3, 0.4) is 0 Å². The third-order valence-electron chi connectivity index (χ3n) is 5.21. The number of hydrogen-bond acceptors (Lipinski definition) is 14.